The Hall–Kier alpha value is -1.39. The van der Waals surface area contributed by atoms with Crippen LogP contribution in [0.3, 0.4) is 0 Å². The fourth-order valence-electron chi connectivity index (χ4n) is 1.56. The minimum Gasteiger partial charge on any atom is -0.326 e. The van der Waals surface area contributed by atoms with Crippen LogP contribution in [0.4, 0.5) is 5.69 Å². The Kier molecular flexibility index (Phi) is 4.33. The van der Waals surface area contributed by atoms with E-state index in [4.69, 9.17) is 11.6 Å². The quantitative estimate of drug-likeness (QED) is 0.868. The molecule has 0 fully saturated rings. The van der Waals surface area contributed by atoms with Crippen molar-refractivity contribution in [1.29, 1.82) is 0 Å². The summed E-state index contributed by atoms with van der Waals surface area (Å²) in [6, 6.07) is 7.65. The molecule has 1 heterocycles. The van der Waals surface area contributed by atoms with Gasteiger partial charge in [0.15, 0.2) is 0 Å². The van der Waals surface area contributed by atoms with Crippen LogP contribution in [0.2, 0.25) is 0 Å². The number of hydrogen-bond acceptors (Lipinski definition) is 3. The monoisotopic (exact) mass is 280 g/mol. The van der Waals surface area contributed by atoms with Gasteiger partial charge in [-0.25, -0.2) is 4.98 Å². The average molecular weight is 281 g/mol. The maximum Gasteiger partial charge on any atom is 0.225 e. The number of rotatable bonds is 4. The van der Waals surface area contributed by atoms with Crippen molar-refractivity contribution < 1.29 is 4.79 Å². The first-order chi connectivity index (χ1) is 8.69. The van der Waals surface area contributed by atoms with Gasteiger partial charge in [-0.2, -0.15) is 0 Å². The maximum absolute atomic E-state index is 11.5. The molecule has 0 unspecified atom stereocenters. The Balaban J connectivity index is 2.17. The van der Waals surface area contributed by atoms with Crippen LogP contribution in [-0.2, 0) is 4.79 Å². The molecule has 3 nitrogen and oxygen atoms in total. The van der Waals surface area contributed by atoms with Gasteiger partial charge in [-0.05, 0) is 19.1 Å². The van der Waals surface area contributed by atoms with Crippen molar-refractivity contribution in [1.82, 2.24) is 4.98 Å². The number of nitrogens with zero attached hydrogens (tertiary/aromatic N) is 1. The Labute approximate surface area is 115 Å². The summed E-state index contributed by atoms with van der Waals surface area (Å²) >= 11 is 7.13. The van der Waals surface area contributed by atoms with Gasteiger partial charge < -0.3 is 5.32 Å². The number of thiazole rings is 1. The molecule has 1 aromatic heterocycles. The zero-order chi connectivity index (χ0) is 13.0. The molecule has 2 rings (SSSR count). The molecule has 0 saturated heterocycles. The van der Waals surface area contributed by atoms with Crippen molar-refractivity contribution in [2.45, 2.75) is 13.3 Å². The molecule has 0 aliphatic rings. The lowest BCUT2D eigenvalue weighted by atomic mass is 10.1. The number of alkyl halides is 1. The minimum atomic E-state index is -0.0726. The zero-order valence-corrected chi connectivity index (χ0v) is 11.5. The first-order valence-corrected chi connectivity index (χ1v) is 6.99. The van der Waals surface area contributed by atoms with E-state index < -0.39 is 0 Å². The largest absolute Gasteiger partial charge is 0.326 e. The summed E-state index contributed by atoms with van der Waals surface area (Å²) in [5, 5.41) is 5.85. The van der Waals surface area contributed by atoms with Gasteiger partial charge in [-0.1, -0.05) is 12.1 Å². The Morgan fingerprint density at radius 2 is 2.33 bits per heavy atom. The van der Waals surface area contributed by atoms with Gasteiger partial charge in [0.25, 0.3) is 0 Å². The predicted molar refractivity (Wildman–Crippen MR) is 76.3 cm³/mol. The molecule has 5 heteroatoms. The van der Waals surface area contributed by atoms with Crippen LogP contribution in [-0.4, -0.2) is 16.8 Å². The number of carbonyl (C=O) groups excluding carboxylic acids is 1. The number of amides is 1. The third kappa shape index (κ3) is 3.31. The third-order valence-electron chi connectivity index (χ3n) is 2.38. The fourth-order valence-corrected chi connectivity index (χ4v) is 2.36. The predicted octanol–water partition coefficient (Wildman–Crippen LogP) is 3.69. The van der Waals surface area contributed by atoms with Gasteiger partial charge in [0, 0.05) is 28.9 Å². The molecular formula is C13H13ClN2OS. The van der Waals surface area contributed by atoms with Crippen molar-refractivity contribution in [2.24, 2.45) is 0 Å². The van der Waals surface area contributed by atoms with Gasteiger partial charge in [-0.15, -0.1) is 22.9 Å². The zero-order valence-electron chi connectivity index (χ0n) is 9.94. The highest BCUT2D eigenvalue weighted by atomic mass is 35.5. The molecule has 0 aliphatic carbocycles. The molecule has 2 aromatic rings. The van der Waals surface area contributed by atoms with Gasteiger partial charge in [0.05, 0.1) is 10.7 Å². The fraction of sp³-hybridized carbons (Fsp3) is 0.231. The van der Waals surface area contributed by atoms with Crippen LogP contribution in [0.25, 0.3) is 11.3 Å². The number of carbonyl (C=O) groups is 1. The molecule has 18 heavy (non-hydrogen) atoms. The lowest BCUT2D eigenvalue weighted by molar-refractivity contribution is -0.115. The summed E-state index contributed by atoms with van der Waals surface area (Å²) in [4.78, 5) is 15.9. The van der Waals surface area contributed by atoms with Gasteiger partial charge >= 0.3 is 0 Å². The maximum atomic E-state index is 11.5. The second-order valence-corrected chi connectivity index (χ2v) is 5.26. The topological polar surface area (TPSA) is 42.0 Å². The molecular weight excluding hydrogens is 268 g/mol. The Bertz CT molecular complexity index is 553. The van der Waals surface area contributed by atoms with Crippen molar-refractivity contribution in [3.8, 4) is 11.3 Å². The number of benzene rings is 1. The molecule has 1 amide bonds. The number of hydrogen-bond donors (Lipinski definition) is 1. The van der Waals surface area contributed by atoms with E-state index in [1.807, 2.05) is 36.6 Å². The van der Waals surface area contributed by atoms with E-state index in [0.717, 1.165) is 22.0 Å². The summed E-state index contributed by atoms with van der Waals surface area (Å²) in [5.41, 5.74) is 2.71. The molecule has 1 N–H and O–H groups in total. The standard InChI is InChI=1S/C13H13ClN2OS/c1-9-15-12(8-18-9)10-3-2-4-11(7-10)16-13(17)5-6-14/h2-4,7-8H,5-6H2,1H3,(H,16,17). The van der Waals surface area contributed by atoms with Crippen molar-refractivity contribution in [3.63, 3.8) is 0 Å². The molecule has 0 atom stereocenters. The van der Waals surface area contributed by atoms with E-state index in [1.54, 1.807) is 11.3 Å². The molecule has 1 aromatic carbocycles. The van der Waals surface area contributed by atoms with E-state index in [9.17, 15) is 4.79 Å². The van der Waals surface area contributed by atoms with E-state index >= 15 is 0 Å². The van der Waals surface area contributed by atoms with Crippen molar-refractivity contribution in [3.05, 3.63) is 34.7 Å². The number of halogens is 1. The third-order valence-corrected chi connectivity index (χ3v) is 3.35. The van der Waals surface area contributed by atoms with Crippen molar-refractivity contribution >= 4 is 34.5 Å². The Morgan fingerprint density at radius 1 is 1.50 bits per heavy atom. The number of aromatic nitrogens is 1. The summed E-state index contributed by atoms with van der Waals surface area (Å²) in [6.45, 7) is 1.97. The molecule has 94 valence electrons. The summed E-state index contributed by atoms with van der Waals surface area (Å²) in [6.07, 6.45) is 0.321. The van der Waals surface area contributed by atoms with Crippen molar-refractivity contribution in [2.75, 3.05) is 11.2 Å². The van der Waals surface area contributed by atoms with E-state index in [2.05, 4.69) is 10.3 Å². The minimum absolute atomic E-state index is 0.0726. The van der Waals surface area contributed by atoms with Gasteiger partial charge in [0.2, 0.25) is 5.91 Å². The average Bonchev–Trinajstić information content (AvgIpc) is 2.76. The number of anilines is 1. The van der Waals surface area contributed by atoms with Crippen LogP contribution in [0, 0.1) is 6.92 Å². The summed E-state index contributed by atoms with van der Waals surface area (Å²) in [7, 11) is 0. The van der Waals surface area contributed by atoms with Gasteiger partial charge in [-0.3, -0.25) is 4.79 Å². The SMILES string of the molecule is Cc1nc(-c2cccc(NC(=O)CCCl)c2)cs1. The highest BCUT2D eigenvalue weighted by Gasteiger charge is 2.05. The summed E-state index contributed by atoms with van der Waals surface area (Å²) in [5.74, 6) is 0.258. The highest BCUT2D eigenvalue weighted by molar-refractivity contribution is 7.09. The first-order valence-electron chi connectivity index (χ1n) is 5.57. The smallest absolute Gasteiger partial charge is 0.225 e. The van der Waals surface area contributed by atoms with Gasteiger partial charge in [0.1, 0.15) is 0 Å². The molecule has 0 saturated carbocycles. The molecule has 0 spiro atoms. The van der Waals surface area contributed by atoms with Crippen LogP contribution in [0.15, 0.2) is 29.6 Å². The molecule has 0 aliphatic heterocycles. The van der Waals surface area contributed by atoms with E-state index in [-0.39, 0.29) is 5.91 Å². The summed E-state index contributed by atoms with van der Waals surface area (Å²) < 4.78 is 0. The highest BCUT2D eigenvalue weighted by Crippen LogP contribution is 2.24. The van der Waals surface area contributed by atoms with E-state index in [0.29, 0.717) is 12.3 Å². The first kappa shape index (κ1) is 13.1. The van der Waals surface area contributed by atoms with Crippen LogP contribution in [0.1, 0.15) is 11.4 Å². The van der Waals surface area contributed by atoms with Crippen LogP contribution in [0.5, 0.6) is 0 Å². The lowest BCUT2D eigenvalue weighted by Crippen LogP contribution is -2.11. The van der Waals surface area contributed by atoms with Crippen LogP contribution >= 0.6 is 22.9 Å². The second-order valence-electron chi connectivity index (χ2n) is 3.82. The number of aryl methyl sites for hydroxylation is 1. The van der Waals surface area contributed by atoms with Crippen LogP contribution < -0.4 is 5.32 Å². The van der Waals surface area contributed by atoms with E-state index in [1.165, 1.54) is 0 Å². The number of nitrogens with one attached hydrogen (secondary N) is 1. The normalized spacial score (nSPS) is 10.3. The lowest BCUT2D eigenvalue weighted by Gasteiger charge is -2.05. The molecule has 0 radical (unpaired) electrons. The Morgan fingerprint density at radius 3 is 3.00 bits per heavy atom. The second kappa shape index (κ2) is 5.98. The molecule has 0 bridgehead atoms.